The van der Waals surface area contributed by atoms with Crippen LogP contribution in [0.5, 0.6) is 0 Å². The maximum absolute atomic E-state index is 4.46. The zero-order chi connectivity index (χ0) is 18.1. The Morgan fingerprint density at radius 3 is 2.23 bits per heavy atom. The fraction of sp³-hybridized carbons (Fsp3) is 0.353. The molecule has 0 unspecified atom stereocenters. The summed E-state index contributed by atoms with van der Waals surface area (Å²) in [5, 5.41) is 9.91. The summed E-state index contributed by atoms with van der Waals surface area (Å²) in [5.74, 6) is 1.68. The highest BCUT2D eigenvalue weighted by atomic mass is 79.9. The molecule has 0 N–H and O–H groups in total. The molecule has 1 saturated heterocycles. The van der Waals surface area contributed by atoms with E-state index in [1.54, 1.807) is 23.7 Å². The highest BCUT2D eigenvalue weighted by Crippen LogP contribution is 2.28. The van der Waals surface area contributed by atoms with E-state index < -0.39 is 0 Å². The van der Waals surface area contributed by atoms with Gasteiger partial charge in [-0.3, -0.25) is 0 Å². The molecule has 3 aromatic heterocycles. The number of rotatable bonds is 3. The van der Waals surface area contributed by atoms with Gasteiger partial charge in [0, 0.05) is 38.6 Å². The Labute approximate surface area is 164 Å². The Kier molecular flexibility index (Phi) is 4.82. The molecule has 1 aliphatic heterocycles. The average molecular weight is 432 g/mol. The largest absolute Gasteiger partial charge is 0.352 e. The van der Waals surface area contributed by atoms with Crippen molar-refractivity contribution in [2.45, 2.75) is 13.8 Å². The van der Waals surface area contributed by atoms with Gasteiger partial charge in [0.2, 0.25) is 5.95 Å². The summed E-state index contributed by atoms with van der Waals surface area (Å²) >= 11 is 5.02. The van der Waals surface area contributed by atoms with E-state index in [2.05, 4.69) is 50.9 Å². The number of nitrogens with zero attached hydrogens (tertiary/aromatic N) is 7. The molecule has 0 amide bonds. The SMILES string of the molecule is Cc1nc(C)c(-c2ccc(N3CCN(c4ncc(Br)cn4)CC3)nn2)s1. The van der Waals surface area contributed by atoms with E-state index >= 15 is 0 Å². The molecule has 4 heterocycles. The van der Waals surface area contributed by atoms with Crippen molar-refractivity contribution in [1.82, 2.24) is 25.1 Å². The van der Waals surface area contributed by atoms with E-state index in [1.807, 2.05) is 26.0 Å². The minimum absolute atomic E-state index is 0.769. The van der Waals surface area contributed by atoms with Gasteiger partial charge in [-0.2, -0.15) is 0 Å². The van der Waals surface area contributed by atoms with E-state index in [1.165, 1.54) is 0 Å². The first-order valence-corrected chi connectivity index (χ1v) is 9.96. The van der Waals surface area contributed by atoms with Crippen molar-refractivity contribution in [3.05, 3.63) is 39.7 Å². The Morgan fingerprint density at radius 1 is 0.962 bits per heavy atom. The Balaban J connectivity index is 1.43. The van der Waals surface area contributed by atoms with Gasteiger partial charge in [-0.1, -0.05) is 0 Å². The molecule has 0 radical (unpaired) electrons. The third-order valence-electron chi connectivity index (χ3n) is 4.28. The summed E-state index contributed by atoms with van der Waals surface area (Å²) in [5.41, 5.74) is 1.90. The molecular weight excluding hydrogens is 414 g/mol. The predicted octanol–water partition coefficient (Wildman–Crippen LogP) is 3.10. The fourth-order valence-corrected chi connectivity index (χ4v) is 4.08. The van der Waals surface area contributed by atoms with Crippen molar-refractivity contribution in [2.24, 2.45) is 0 Å². The molecule has 3 aromatic rings. The lowest BCUT2D eigenvalue weighted by Crippen LogP contribution is -2.47. The molecule has 0 spiro atoms. The minimum atomic E-state index is 0.769. The molecule has 0 aliphatic carbocycles. The number of hydrogen-bond donors (Lipinski definition) is 0. The first kappa shape index (κ1) is 17.3. The van der Waals surface area contributed by atoms with Gasteiger partial charge in [0.15, 0.2) is 5.82 Å². The van der Waals surface area contributed by atoms with Crippen LogP contribution in [0.2, 0.25) is 0 Å². The Hall–Kier alpha value is -2.13. The lowest BCUT2D eigenvalue weighted by molar-refractivity contribution is 0.631. The van der Waals surface area contributed by atoms with Crippen molar-refractivity contribution in [1.29, 1.82) is 0 Å². The van der Waals surface area contributed by atoms with Crippen molar-refractivity contribution >= 4 is 39.0 Å². The normalized spacial score (nSPS) is 14.7. The van der Waals surface area contributed by atoms with Gasteiger partial charge in [0.1, 0.15) is 5.69 Å². The van der Waals surface area contributed by atoms with E-state index in [4.69, 9.17) is 0 Å². The summed E-state index contributed by atoms with van der Waals surface area (Å²) in [7, 11) is 0. The second-order valence-corrected chi connectivity index (χ2v) is 8.22. The lowest BCUT2D eigenvalue weighted by atomic mass is 10.2. The number of aryl methyl sites for hydroxylation is 2. The van der Waals surface area contributed by atoms with Crippen molar-refractivity contribution in [3.63, 3.8) is 0 Å². The molecule has 26 heavy (non-hydrogen) atoms. The Morgan fingerprint density at radius 2 is 1.65 bits per heavy atom. The average Bonchev–Trinajstić information content (AvgIpc) is 3.01. The van der Waals surface area contributed by atoms with Gasteiger partial charge >= 0.3 is 0 Å². The van der Waals surface area contributed by atoms with Crippen LogP contribution in [0.25, 0.3) is 10.6 Å². The van der Waals surface area contributed by atoms with Crippen LogP contribution in [-0.2, 0) is 0 Å². The molecule has 1 fully saturated rings. The number of thiazole rings is 1. The zero-order valence-electron chi connectivity index (χ0n) is 14.6. The summed E-state index contributed by atoms with van der Waals surface area (Å²) in [4.78, 5) is 18.7. The summed E-state index contributed by atoms with van der Waals surface area (Å²) < 4.78 is 0.890. The van der Waals surface area contributed by atoms with Gasteiger partial charge in [-0.15, -0.1) is 21.5 Å². The number of anilines is 2. The van der Waals surface area contributed by atoms with Crippen molar-refractivity contribution < 1.29 is 0 Å². The molecule has 0 atom stereocenters. The van der Waals surface area contributed by atoms with Gasteiger partial charge in [0.05, 0.1) is 20.1 Å². The van der Waals surface area contributed by atoms with E-state index in [9.17, 15) is 0 Å². The van der Waals surface area contributed by atoms with Crippen LogP contribution in [0.3, 0.4) is 0 Å². The van der Waals surface area contributed by atoms with Crippen LogP contribution in [0.4, 0.5) is 11.8 Å². The van der Waals surface area contributed by atoms with Crippen LogP contribution < -0.4 is 9.80 Å². The quantitative estimate of drug-likeness (QED) is 0.630. The van der Waals surface area contributed by atoms with E-state index in [0.29, 0.717) is 0 Å². The number of piperazine rings is 1. The second-order valence-electron chi connectivity index (χ2n) is 6.10. The first-order chi connectivity index (χ1) is 12.6. The number of hydrogen-bond acceptors (Lipinski definition) is 8. The molecule has 9 heteroatoms. The van der Waals surface area contributed by atoms with Crippen molar-refractivity contribution in [2.75, 3.05) is 36.0 Å². The molecular formula is C17H18BrN7S. The molecule has 0 aromatic carbocycles. The fourth-order valence-electron chi connectivity index (χ4n) is 2.99. The molecule has 0 saturated carbocycles. The molecule has 7 nitrogen and oxygen atoms in total. The highest BCUT2D eigenvalue weighted by Gasteiger charge is 2.20. The zero-order valence-corrected chi connectivity index (χ0v) is 17.0. The smallest absolute Gasteiger partial charge is 0.225 e. The molecule has 134 valence electrons. The number of halogens is 1. The van der Waals surface area contributed by atoms with Gasteiger partial charge in [-0.25, -0.2) is 15.0 Å². The predicted molar refractivity (Wildman–Crippen MR) is 107 cm³/mol. The number of aromatic nitrogens is 5. The van der Waals surface area contributed by atoms with E-state index in [0.717, 1.165) is 63.7 Å². The van der Waals surface area contributed by atoms with Crippen LogP contribution in [-0.4, -0.2) is 51.3 Å². The van der Waals surface area contributed by atoms with Gasteiger partial charge < -0.3 is 9.80 Å². The van der Waals surface area contributed by atoms with Crippen LogP contribution in [0, 0.1) is 13.8 Å². The summed E-state index contributed by atoms with van der Waals surface area (Å²) in [6.07, 6.45) is 3.56. The summed E-state index contributed by atoms with van der Waals surface area (Å²) in [6, 6.07) is 4.08. The standard InChI is InChI=1S/C17H18BrN7S/c1-11-16(26-12(2)21-11)14-3-4-15(23-22-14)24-5-7-25(8-6-24)17-19-9-13(18)10-20-17/h3-4,9-10H,5-8H2,1-2H3. The topological polar surface area (TPSA) is 70.9 Å². The highest BCUT2D eigenvalue weighted by molar-refractivity contribution is 9.10. The van der Waals surface area contributed by atoms with Gasteiger partial charge in [0.25, 0.3) is 0 Å². The van der Waals surface area contributed by atoms with Crippen LogP contribution in [0.1, 0.15) is 10.7 Å². The minimum Gasteiger partial charge on any atom is -0.352 e. The maximum atomic E-state index is 4.46. The molecule has 1 aliphatic rings. The maximum Gasteiger partial charge on any atom is 0.225 e. The molecule has 4 rings (SSSR count). The Bertz CT molecular complexity index is 886. The molecule has 0 bridgehead atoms. The van der Waals surface area contributed by atoms with E-state index in [-0.39, 0.29) is 0 Å². The lowest BCUT2D eigenvalue weighted by Gasteiger charge is -2.35. The van der Waals surface area contributed by atoms with Gasteiger partial charge in [-0.05, 0) is 41.9 Å². The summed E-state index contributed by atoms with van der Waals surface area (Å²) in [6.45, 7) is 7.48. The monoisotopic (exact) mass is 431 g/mol. The van der Waals surface area contributed by atoms with Crippen molar-refractivity contribution in [3.8, 4) is 10.6 Å². The second kappa shape index (κ2) is 7.24. The van der Waals surface area contributed by atoms with Crippen LogP contribution >= 0.6 is 27.3 Å². The third kappa shape index (κ3) is 3.54. The van der Waals surface area contributed by atoms with Crippen LogP contribution in [0.15, 0.2) is 29.0 Å². The third-order valence-corrected chi connectivity index (χ3v) is 5.78. The first-order valence-electron chi connectivity index (χ1n) is 8.36.